The number of hydrogen-bond acceptors (Lipinski definition) is 2. The fourth-order valence-electron chi connectivity index (χ4n) is 1.83. The highest BCUT2D eigenvalue weighted by molar-refractivity contribution is 6.43. The summed E-state index contributed by atoms with van der Waals surface area (Å²) in [7, 11) is 0. The van der Waals surface area contributed by atoms with Crippen LogP contribution in [0.25, 0.3) is 0 Å². The maximum Gasteiger partial charge on any atom is 0.147 e. The molecule has 2 aromatic carbocycles. The van der Waals surface area contributed by atoms with E-state index < -0.39 is 0 Å². The molecule has 0 heterocycles. The Balaban J connectivity index is 2.12. The Hall–Kier alpha value is -0.930. The minimum Gasteiger partial charge on any atom is -0.454 e. The van der Waals surface area contributed by atoms with E-state index in [4.69, 9.17) is 39.5 Å². The van der Waals surface area contributed by atoms with Crippen LogP contribution in [0.15, 0.2) is 36.4 Å². The lowest BCUT2D eigenvalue weighted by Crippen LogP contribution is -2.13. The van der Waals surface area contributed by atoms with Gasteiger partial charge in [0.2, 0.25) is 0 Å². The summed E-state index contributed by atoms with van der Waals surface area (Å²) in [6.45, 7) is 3.89. The van der Waals surface area contributed by atoms with E-state index in [0.29, 0.717) is 26.6 Å². The molecule has 2 aromatic rings. The highest BCUT2D eigenvalue weighted by atomic mass is 35.5. The van der Waals surface area contributed by atoms with Crippen molar-refractivity contribution in [2.75, 3.05) is 6.54 Å². The van der Waals surface area contributed by atoms with Gasteiger partial charge in [0.1, 0.15) is 16.5 Å². The SMILES string of the molecule is CCCNCc1ccc(Oc2cccc(Cl)c2Cl)c(Cl)c1. The monoisotopic (exact) mass is 343 g/mol. The maximum atomic E-state index is 6.26. The van der Waals surface area contributed by atoms with Crippen LogP contribution >= 0.6 is 34.8 Å². The minimum atomic E-state index is 0.379. The normalized spacial score (nSPS) is 10.7. The maximum absolute atomic E-state index is 6.26. The van der Waals surface area contributed by atoms with Crippen molar-refractivity contribution in [3.63, 3.8) is 0 Å². The first kappa shape index (κ1) is 16.4. The van der Waals surface area contributed by atoms with E-state index in [1.165, 1.54) is 0 Å². The van der Waals surface area contributed by atoms with E-state index in [-0.39, 0.29) is 0 Å². The molecule has 2 nitrogen and oxygen atoms in total. The number of ether oxygens (including phenoxy) is 1. The molecular weight excluding hydrogens is 329 g/mol. The third kappa shape index (κ3) is 4.52. The van der Waals surface area contributed by atoms with Crippen molar-refractivity contribution in [2.45, 2.75) is 19.9 Å². The highest BCUT2D eigenvalue weighted by Crippen LogP contribution is 2.37. The molecule has 0 fully saturated rings. The largest absolute Gasteiger partial charge is 0.454 e. The molecule has 0 bridgehead atoms. The fraction of sp³-hybridized carbons (Fsp3) is 0.250. The average molecular weight is 345 g/mol. The lowest BCUT2D eigenvalue weighted by Gasteiger charge is -2.11. The summed E-state index contributed by atoms with van der Waals surface area (Å²) in [6, 6.07) is 10.9. The van der Waals surface area contributed by atoms with Crippen molar-refractivity contribution in [1.82, 2.24) is 5.32 Å². The van der Waals surface area contributed by atoms with Gasteiger partial charge in [-0.1, -0.05) is 53.9 Å². The van der Waals surface area contributed by atoms with Gasteiger partial charge in [0.25, 0.3) is 0 Å². The van der Waals surface area contributed by atoms with Crippen molar-refractivity contribution in [1.29, 1.82) is 0 Å². The van der Waals surface area contributed by atoms with Crippen LogP contribution in [0.2, 0.25) is 15.1 Å². The Bertz CT molecular complexity index is 616. The number of nitrogens with one attached hydrogen (secondary N) is 1. The predicted molar refractivity (Wildman–Crippen MR) is 90.0 cm³/mol. The number of benzene rings is 2. The van der Waals surface area contributed by atoms with Gasteiger partial charge in [0.05, 0.1) is 10.0 Å². The number of rotatable bonds is 6. The first-order chi connectivity index (χ1) is 10.1. The second-order valence-electron chi connectivity index (χ2n) is 4.60. The van der Waals surface area contributed by atoms with E-state index in [0.717, 1.165) is 25.1 Å². The molecule has 0 saturated heterocycles. The standard InChI is InChI=1S/C16H16Cl3NO/c1-2-8-20-10-11-6-7-14(13(18)9-11)21-15-5-3-4-12(17)16(15)19/h3-7,9,20H,2,8,10H2,1H3. The van der Waals surface area contributed by atoms with Gasteiger partial charge in [-0.25, -0.2) is 0 Å². The number of hydrogen-bond donors (Lipinski definition) is 1. The first-order valence-corrected chi connectivity index (χ1v) is 7.86. The molecule has 5 heteroatoms. The predicted octanol–water partition coefficient (Wildman–Crippen LogP) is 5.94. The molecule has 0 aromatic heterocycles. The van der Waals surface area contributed by atoms with Crippen LogP contribution in [0, 0.1) is 0 Å². The summed E-state index contributed by atoms with van der Waals surface area (Å²) in [5, 5.41) is 4.70. The van der Waals surface area contributed by atoms with E-state index in [1.54, 1.807) is 18.2 Å². The lowest BCUT2D eigenvalue weighted by molar-refractivity contribution is 0.483. The van der Waals surface area contributed by atoms with Crippen LogP contribution in [0.5, 0.6) is 11.5 Å². The molecule has 0 aliphatic carbocycles. The van der Waals surface area contributed by atoms with Crippen molar-refractivity contribution in [3.05, 3.63) is 57.0 Å². The number of halogens is 3. The van der Waals surface area contributed by atoms with Gasteiger partial charge in [0.15, 0.2) is 0 Å². The van der Waals surface area contributed by atoms with E-state index in [9.17, 15) is 0 Å². The molecular formula is C16H16Cl3NO. The van der Waals surface area contributed by atoms with Crippen molar-refractivity contribution in [2.24, 2.45) is 0 Å². The van der Waals surface area contributed by atoms with Crippen LogP contribution in [-0.2, 0) is 6.54 Å². The van der Waals surface area contributed by atoms with E-state index in [1.807, 2.05) is 18.2 Å². The average Bonchev–Trinajstić information content (AvgIpc) is 2.47. The Morgan fingerprint density at radius 1 is 1.00 bits per heavy atom. The Labute approximate surface area is 140 Å². The van der Waals surface area contributed by atoms with Gasteiger partial charge in [-0.05, 0) is 42.8 Å². The third-order valence-electron chi connectivity index (χ3n) is 2.89. The smallest absolute Gasteiger partial charge is 0.147 e. The molecule has 0 aliphatic rings. The summed E-state index contributed by atoms with van der Waals surface area (Å²) < 4.78 is 5.73. The van der Waals surface area contributed by atoms with Gasteiger partial charge in [0, 0.05) is 6.54 Å². The summed E-state index contributed by atoms with van der Waals surface area (Å²) in [5.41, 5.74) is 1.11. The Kier molecular flexibility index (Phi) is 6.19. The molecule has 0 unspecified atom stereocenters. The molecule has 0 aliphatic heterocycles. The van der Waals surface area contributed by atoms with Gasteiger partial charge in [-0.15, -0.1) is 0 Å². The van der Waals surface area contributed by atoms with E-state index >= 15 is 0 Å². The van der Waals surface area contributed by atoms with Crippen LogP contribution in [0.1, 0.15) is 18.9 Å². The molecule has 112 valence electrons. The van der Waals surface area contributed by atoms with Crippen LogP contribution in [0.4, 0.5) is 0 Å². The molecule has 2 rings (SSSR count). The van der Waals surface area contributed by atoms with Crippen LogP contribution in [-0.4, -0.2) is 6.54 Å². The molecule has 1 N–H and O–H groups in total. The minimum absolute atomic E-state index is 0.379. The molecule has 21 heavy (non-hydrogen) atoms. The summed E-state index contributed by atoms with van der Waals surface area (Å²) in [5.74, 6) is 1.04. The zero-order valence-electron chi connectivity index (χ0n) is 11.6. The van der Waals surface area contributed by atoms with Crippen LogP contribution in [0.3, 0.4) is 0 Å². The van der Waals surface area contributed by atoms with E-state index in [2.05, 4.69) is 12.2 Å². The molecule has 0 spiro atoms. The zero-order chi connectivity index (χ0) is 15.2. The molecule has 0 saturated carbocycles. The third-order valence-corrected chi connectivity index (χ3v) is 3.99. The fourth-order valence-corrected chi connectivity index (χ4v) is 2.40. The Morgan fingerprint density at radius 3 is 2.52 bits per heavy atom. The van der Waals surface area contributed by atoms with Crippen molar-refractivity contribution < 1.29 is 4.74 Å². The van der Waals surface area contributed by atoms with Gasteiger partial charge in [-0.3, -0.25) is 0 Å². The van der Waals surface area contributed by atoms with Crippen LogP contribution < -0.4 is 10.1 Å². The quantitative estimate of drug-likeness (QED) is 0.655. The highest BCUT2D eigenvalue weighted by Gasteiger charge is 2.09. The molecule has 0 radical (unpaired) electrons. The summed E-state index contributed by atoms with van der Waals surface area (Å²) in [6.07, 6.45) is 1.10. The van der Waals surface area contributed by atoms with Crippen molar-refractivity contribution >= 4 is 34.8 Å². The second-order valence-corrected chi connectivity index (χ2v) is 5.79. The van der Waals surface area contributed by atoms with Gasteiger partial charge >= 0.3 is 0 Å². The lowest BCUT2D eigenvalue weighted by atomic mass is 10.2. The summed E-state index contributed by atoms with van der Waals surface area (Å²) in [4.78, 5) is 0. The van der Waals surface area contributed by atoms with Crippen molar-refractivity contribution in [3.8, 4) is 11.5 Å². The second kappa shape index (κ2) is 7.90. The van der Waals surface area contributed by atoms with Gasteiger partial charge in [-0.2, -0.15) is 0 Å². The Morgan fingerprint density at radius 2 is 1.81 bits per heavy atom. The topological polar surface area (TPSA) is 21.3 Å². The van der Waals surface area contributed by atoms with Gasteiger partial charge < -0.3 is 10.1 Å². The molecule has 0 atom stereocenters. The first-order valence-electron chi connectivity index (χ1n) is 6.73. The summed E-state index contributed by atoms with van der Waals surface area (Å²) >= 11 is 18.3. The molecule has 0 amide bonds. The zero-order valence-corrected chi connectivity index (χ0v) is 13.9.